The molecule has 31 nitrogen and oxygen atoms in total. The Labute approximate surface area is 257 Å². The van der Waals surface area contributed by atoms with Crippen LogP contribution in [0.15, 0.2) is 49.8 Å². The third kappa shape index (κ3) is 13.3. The Kier molecular flexibility index (Phi) is 14.2. The van der Waals surface area contributed by atoms with Crippen molar-refractivity contribution in [3.8, 4) is 0 Å². The second kappa shape index (κ2) is 17.9. The lowest BCUT2D eigenvalue weighted by atomic mass is 10.8. The molecule has 0 unspecified atom stereocenters. The second-order valence-corrected chi connectivity index (χ2v) is 7.25. The lowest BCUT2D eigenvalue weighted by Gasteiger charge is -1.87. The predicted molar refractivity (Wildman–Crippen MR) is 144 cm³/mol. The minimum Gasteiger partial charge on any atom is -0.390 e. The van der Waals surface area contributed by atoms with E-state index in [1.807, 2.05) is 4.98 Å². The van der Waals surface area contributed by atoms with E-state index in [1.54, 1.807) is 0 Å². The highest BCUT2D eigenvalue weighted by atomic mass is 35.5. The van der Waals surface area contributed by atoms with Gasteiger partial charge >= 0.3 is 35.2 Å². The number of hydrogen-bond donors (Lipinski definition) is 4. The van der Waals surface area contributed by atoms with E-state index >= 15 is 0 Å². The SMILES string of the molecule is O=[N+]([O-])c1cn([N+](=O)[O-])cn1.O=[N+]([O-])c1cnc(Cl)[nH]1.O=[N+]([O-])c1cnc([N+](=O)[O-])[nH]1.O=[N+]([O-])c1cnc[nH]1.O=[N+]([O-])c1ncc[nH]1. The van der Waals surface area contributed by atoms with Gasteiger partial charge in [0, 0.05) is 0 Å². The van der Waals surface area contributed by atoms with Crippen LogP contribution >= 0.6 is 11.6 Å². The molecule has 5 rings (SSSR count). The summed E-state index contributed by atoms with van der Waals surface area (Å²) in [5.74, 6) is -2.15. The molecule has 248 valence electrons. The molecule has 0 spiro atoms. The maximum Gasteiger partial charge on any atom is 0.435 e. The van der Waals surface area contributed by atoms with Gasteiger partial charge in [-0.2, -0.15) is 9.97 Å². The lowest BCUT2D eigenvalue weighted by Crippen LogP contribution is -2.04. The van der Waals surface area contributed by atoms with Crippen molar-refractivity contribution in [2.75, 3.05) is 0 Å². The first kappa shape index (κ1) is 37.2. The van der Waals surface area contributed by atoms with Crippen molar-refractivity contribution in [2.24, 2.45) is 0 Å². The van der Waals surface area contributed by atoms with Gasteiger partial charge in [0.1, 0.15) is 18.6 Å². The van der Waals surface area contributed by atoms with Crippen molar-refractivity contribution in [1.29, 1.82) is 0 Å². The van der Waals surface area contributed by atoms with E-state index in [0.29, 0.717) is 4.68 Å². The fourth-order valence-corrected chi connectivity index (χ4v) is 2.21. The number of H-pyrrole nitrogens is 4. The van der Waals surface area contributed by atoms with Crippen molar-refractivity contribution in [3.63, 3.8) is 0 Å². The fraction of sp³-hybridized carbons (Fsp3) is 0. The monoisotopic (exact) mass is 689 g/mol. The molecular formula is C15H12ClN17O14. The number of aromatic amines is 4. The summed E-state index contributed by atoms with van der Waals surface area (Å²) in [7, 11) is 0. The molecule has 0 amide bonds. The van der Waals surface area contributed by atoms with Gasteiger partial charge in [0.05, 0.1) is 6.20 Å². The van der Waals surface area contributed by atoms with Crippen LogP contribution in [0.4, 0.5) is 35.2 Å². The number of nitro groups is 7. The van der Waals surface area contributed by atoms with Crippen molar-refractivity contribution in [2.45, 2.75) is 0 Å². The van der Waals surface area contributed by atoms with Crippen molar-refractivity contribution >= 4 is 46.8 Å². The first-order valence-electron chi connectivity index (χ1n) is 10.8. The third-order valence-electron chi connectivity index (χ3n) is 3.92. The van der Waals surface area contributed by atoms with Crippen LogP contribution in [0.3, 0.4) is 0 Å². The summed E-state index contributed by atoms with van der Waals surface area (Å²) in [5, 5.41) is 68.4. The molecule has 32 heteroatoms. The number of hydrogen-bond acceptors (Lipinski definition) is 19. The van der Waals surface area contributed by atoms with E-state index in [1.165, 1.54) is 18.7 Å². The number of rotatable bonds is 7. The zero-order valence-electron chi connectivity index (χ0n) is 22.0. The van der Waals surface area contributed by atoms with E-state index in [0.717, 1.165) is 31.1 Å². The predicted octanol–water partition coefficient (Wildman–Crippen LogP) is 1.66. The van der Waals surface area contributed by atoms with E-state index in [9.17, 15) is 70.8 Å². The summed E-state index contributed by atoms with van der Waals surface area (Å²) in [5.41, 5.74) is 0. The zero-order valence-corrected chi connectivity index (χ0v) is 22.8. The molecule has 0 fully saturated rings. The van der Waals surface area contributed by atoms with Crippen LogP contribution in [0.25, 0.3) is 0 Å². The van der Waals surface area contributed by atoms with Crippen LogP contribution in [-0.2, 0) is 0 Å². The van der Waals surface area contributed by atoms with E-state index in [4.69, 9.17) is 11.6 Å². The second-order valence-electron chi connectivity index (χ2n) is 6.89. The molecule has 5 aromatic heterocycles. The maximum atomic E-state index is 9.95. The van der Waals surface area contributed by atoms with E-state index in [2.05, 4.69) is 39.9 Å². The summed E-state index contributed by atoms with van der Waals surface area (Å²) < 4.78 is 0.415. The van der Waals surface area contributed by atoms with Gasteiger partial charge in [0.25, 0.3) is 11.6 Å². The molecule has 0 aliphatic carbocycles. The highest BCUT2D eigenvalue weighted by Gasteiger charge is 2.15. The first-order valence-corrected chi connectivity index (χ1v) is 11.2. The van der Waals surface area contributed by atoms with Gasteiger partial charge in [-0.15, -0.1) is 0 Å². The molecule has 0 aromatic carbocycles. The first-order chi connectivity index (χ1) is 22.0. The molecule has 5 heterocycles. The number of imidazole rings is 5. The topological polar surface area (TPSA) is 435 Å². The molecule has 0 atom stereocenters. The lowest BCUT2D eigenvalue weighted by molar-refractivity contribution is -0.542. The van der Waals surface area contributed by atoms with E-state index < -0.39 is 52.2 Å². The van der Waals surface area contributed by atoms with Gasteiger partial charge in [0.2, 0.25) is 0 Å². The van der Waals surface area contributed by atoms with Crippen LogP contribution in [0.5, 0.6) is 0 Å². The summed E-state index contributed by atoms with van der Waals surface area (Å²) in [6.07, 6.45) is 8.48. The molecule has 4 N–H and O–H groups in total. The largest absolute Gasteiger partial charge is 0.435 e. The van der Waals surface area contributed by atoms with E-state index in [-0.39, 0.29) is 22.9 Å². The molecule has 0 radical (unpaired) electrons. The number of halogens is 1. The third-order valence-corrected chi connectivity index (χ3v) is 4.11. The summed E-state index contributed by atoms with van der Waals surface area (Å²) in [6, 6.07) is 0. The number of nitrogens with zero attached hydrogens (tertiary/aromatic N) is 13. The Balaban J connectivity index is 0.000000296. The normalized spacial score (nSPS) is 9.30. The average Bonchev–Trinajstić information content (AvgIpc) is 3.84. The Bertz CT molecular complexity index is 1650. The minimum atomic E-state index is -0.840. The fourth-order valence-electron chi connectivity index (χ4n) is 2.06. The molecular weight excluding hydrogens is 678 g/mol. The molecule has 0 aliphatic heterocycles. The summed E-state index contributed by atoms with van der Waals surface area (Å²) in [4.78, 5) is 90.4. The van der Waals surface area contributed by atoms with Gasteiger partial charge in [-0.05, 0) is 50.8 Å². The quantitative estimate of drug-likeness (QED) is 0.139. The van der Waals surface area contributed by atoms with Gasteiger partial charge < -0.3 is 60.7 Å². The molecule has 5 aromatic rings. The van der Waals surface area contributed by atoms with Crippen molar-refractivity contribution in [1.82, 2.24) is 49.5 Å². The highest BCUT2D eigenvalue weighted by molar-refractivity contribution is 6.28. The van der Waals surface area contributed by atoms with Gasteiger partial charge in [-0.1, -0.05) is 9.97 Å². The van der Waals surface area contributed by atoms with Gasteiger partial charge in [-0.3, -0.25) is 0 Å². The maximum absolute atomic E-state index is 9.95. The van der Waals surface area contributed by atoms with Crippen LogP contribution in [0, 0.1) is 70.8 Å². The molecule has 0 saturated carbocycles. The molecule has 47 heavy (non-hydrogen) atoms. The Morgan fingerprint density at radius 1 is 0.617 bits per heavy atom. The molecule has 0 saturated heterocycles. The summed E-state index contributed by atoms with van der Waals surface area (Å²) in [6.45, 7) is 0. The van der Waals surface area contributed by atoms with Gasteiger partial charge in [-0.25, -0.2) is 30.1 Å². The molecule has 0 aliphatic rings. The van der Waals surface area contributed by atoms with Crippen LogP contribution in [0.1, 0.15) is 0 Å². The van der Waals surface area contributed by atoms with Crippen LogP contribution < -0.4 is 0 Å². The van der Waals surface area contributed by atoms with Crippen molar-refractivity contribution in [3.05, 3.63) is 126 Å². The highest BCUT2D eigenvalue weighted by Crippen LogP contribution is 2.11. The standard InChI is InChI=1S/C3H2ClN3O2.2C3H2N4O4.2C3H3N3O2/c4-3-5-1-2(6-3)7(8)9;8-6(9)3-1-5(2-4-3)7(10)11;8-6(9)2-1-4-3(5-2)7(10)11;7-6(8)3-1-4-2-5-3;7-6(8)3-4-1-2-5-3/h1H,(H,5,6);1-2H;1H,(H,4,5);2*1-2H,(H,4,5). The smallest absolute Gasteiger partial charge is 0.390 e. The number of nitrogens with one attached hydrogen (secondary N) is 4. The van der Waals surface area contributed by atoms with Gasteiger partial charge in [0.15, 0.2) is 23.8 Å². The summed E-state index contributed by atoms with van der Waals surface area (Å²) >= 11 is 5.23. The Morgan fingerprint density at radius 3 is 1.45 bits per heavy atom. The average molecular weight is 690 g/mol. The van der Waals surface area contributed by atoms with Crippen LogP contribution in [0.2, 0.25) is 5.28 Å². The Hall–Kier alpha value is -7.86. The Morgan fingerprint density at radius 2 is 1.19 bits per heavy atom. The van der Waals surface area contributed by atoms with Crippen molar-refractivity contribution < 1.29 is 34.6 Å². The number of aromatic nitrogens is 10. The molecule has 0 bridgehead atoms. The van der Waals surface area contributed by atoms with Crippen LogP contribution in [-0.4, -0.2) is 84.1 Å². The zero-order chi connectivity index (χ0) is 35.7. The minimum absolute atomic E-state index is 0.0294.